The zero-order valence-electron chi connectivity index (χ0n) is 18.2. The number of rotatable bonds is 9. The summed E-state index contributed by atoms with van der Waals surface area (Å²) in [5, 5.41) is 13.1. The van der Waals surface area contributed by atoms with Crippen LogP contribution in [0.15, 0.2) is 79.0 Å². The van der Waals surface area contributed by atoms with Gasteiger partial charge < -0.3 is 24.5 Å². The molecule has 1 heterocycles. The van der Waals surface area contributed by atoms with Gasteiger partial charge in [-0.3, -0.25) is 4.79 Å². The van der Waals surface area contributed by atoms with Crippen LogP contribution in [0, 0.1) is 0 Å². The third-order valence-electron chi connectivity index (χ3n) is 5.28. The number of anilines is 1. The maximum absolute atomic E-state index is 12.2. The highest BCUT2D eigenvalue weighted by molar-refractivity contribution is 6.00. The molecule has 1 aromatic heterocycles. The Labute approximate surface area is 191 Å². The first-order chi connectivity index (χ1) is 16.0. The number of carbonyl (C=O) groups is 2. The van der Waals surface area contributed by atoms with Gasteiger partial charge in [0.05, 0.1) is 19.3 Å². The van der Waals surface area contributed by atoms with E-state index in [0.717, 1.165) is 22.0 Å². The van der Waals surface area contributed by atoms with Gasteiger partial charge in [-0.25, -0.2) is 4.79 Å². The SMILES string of the molecule is COc1cccc(NC(=O)COCCn2cc(-c3ccccc3)c3ccc(C(=O)O)cc32)c1. The van der Waals surface area contributed by atoms with Gasteiger partial charge in [0.2, 0.25) is 5.91 Å². The molecule has 0 saturated carbocycles. The van der Waals surface area contributed by atoms with Crippen LogP contribution in [0.4, 0.5) is 5.69 Å². The van der Waals surface area contributed by atoms with E-state index in [-0.39, 0.29) is 18.1 Å². The molecule has 33 heavy (non-hydrogen) atoms. The number of carbonyl (C=O) groups excluding carboxylic acids is 1. The van der Waals surface area contributed by atoms with Gasteiger partial charge in [0.1, 0.15) is 12.4 Å². The average Bonchev–Trinajstić information content (AvgIpc) is 3.20. The third-order valence-corrected chi connectivity index (χ3v) is 5.28. The summed E-state index contributed by atoms with van der Waals surface area (Å²) in [6.45, 7) is 0.669. The van der Waals surface area contributed by atoms with Crippen LogP contribution in [0.25, 0.3) is 22.0 Å². The number of aromatic carboxylic acids is 1. The van der Waals surface area contributed by atoms with Crippen molar-refractivity contribution in [2.24, 2.45) is 0 Å². The van der Waals surface area contributed by atoms with Crippen molar-refractivity contribution in [3.63, 3.8) is 0 Å². The predicted molar refractivity (Wildman–Crippen MR) is 127 cm³/mol. The summed E-state index contributed by atoms with van der Waals surface area (Å²) >= 11 is 0. The standard InChI is InChI=1S/C26H24N2O5/c1-32-21-9-5-8-20(15-21)27-25(29)17-33-13-12-28-16-23(18-6-3-2-4-7-18)22-11-10-19(26(30)31)14-24(22)28/h2-11,14-16H,12-13,17H2,1H3,(H,27,29)(H,30,31). The Balaban J connectivity index is 1.45. The summed E-state index contributed by atoms with van der Waals surface area (Å²) in [4.78, 5) is 23.7. The van der Waals surface area contributed by atoms with Gasteiger partial charge >= 0.3 is 5.97 Å². The van der Waals surface area contributed by atoms with E-state index in [1.54, 1.807) is 43.5 Å². The van der Waals surface area contributed by atoms with Gasteiger partial charge in [0.15, 0.2) is 0 Å². The number of carboxylic acid groups (broad SMARTS) is 1. The molecular weight excluding hydrogens is 420 g/mol. The fourth-order valence-corrected chi connectivity index (χ4v) is 3.68. The van der Waals surface area contributed by atoms with Crippen molar-refractivity contribution < 1.29 is 24.2 Å². The number of nitrogens with zero attached hydrogens (tertiary/aromatic N) is 1. The van der Waals surface area contributed by atoms with Gasteiger partial charge in [-0.05, 0) is 29.8 Å². The zero-order chi connectivity index (χ0) is 23.2. The van der Waals surface area contributed by atoms with E-state index in [4.69, 9.17) is 9.47 Å². The van der Waals surface area contributed by atoms with Crippen molar-refractivity contribution >= 4 is 28.5 Å². The van der Waals surface area contributed by atoms with Crippen molar-refractivity contribution in [2.45, 2.75) is 6.54 Å². The van der Waals surface area contributed by atoms with Crippen LogP contribution in [0.3, 0.4) is 0 Å². The van der Waals surface area contributed by atoms with Crippen LogP contribution in [0.5, 0.6) is 5.75 Å². The monoisotopic (exact) mass is 444 g/mol. The van der Waals surface area contributed by atoms with Crippen molar-refractivity contribution in [2.75, 3.05) is 25.6 Å². The summed E-state index contributed by atoms with van der Waals surface area (Å²) < 4.78 is 12.7. The second-order valence-electron chi connectivity index (χ2n) is 7.47. The zero-order valence-corrected chi connectivity index (χ0v) is 18.2. The first-order valence-electron chi connectivity index (χ1n) is 10.5. The molecule has 3 aromatic carbocycles. The van der Waals surface area contributed by atoms with Crippen molar-refractivity contribution in [3.8, 4) is 16.9 Å². The lowest BCUT2D eigenvalue weighted by atomic mass is 10.0. The molecule has 4 aromatic rings. The molecule has 0 radical (unpaired) electrons. The minimum Gasteiger partial charge on any atom is -0.497 e. The number of methoxy groups -OCH3 is 1. The Bertz CT molecular complexity index is 1280. The number of hydrogen-bond donors (Lipinski definition) is 2. The molecule has 7 heteroatoms. The van der Waals surface area contributed by atoms with E-state index in [0.29, 0.717) is 24.6 Å². The number of fused-ring (bicyclic) bond motifs is 1. The van der Waals surface area contributed by atoms with Crippen LogP contribution in [-0.4, -0.2) is 41.9 Å². The Hall–Kier alpha value is -4.10. The molecule has 0 fully saturated rings. The van der Waals surface area contributed by atoms with Gasteiger partial charge in [-0.15, -0.1) is 0 Å². The number of aromatic nitrogens is 1. The maximum atomic E-state index is 12.2. The van der Waals surface area contributed by atoms with E-state index in [2.05, 4.69) is 5.32 Å². The lowest BCUT2D eigenvalue weighted by Gasteiger charge is -2.09. The summed E-state index contributed by atoms with van der Waals surface area (Å²) in [5.74, 6) is -0.585. The molecule has 0 spiro atoms. The van der Waals surface area contributed by atoms with Gasteiger partial charge in [-0.1, -0.05) is 42.5 Å². The number of ether oxygens (including phenoxy) is 2. The molecule has 0 bridgehead atoms. The second kappa shape index (κ2) is 10.0. The fraction of sp³-hybridized carbons (Fsp3) is 0.154. The molecule has 1 amide bonds. The summed E-state index contributed by atoms with van der Waals surface area (Å²) in [5.41, 5.74) is 3.72. The Morgan fingerprint density at radius 2 is 1.82 bits per heavy atom. The average molecular weight is 444 g/mol. The Kier molecular flexibility index (Phi) is 6.71. The molecule has 0 unspecified atom stereocenters. The molecule has 0 aliphatic carbocycles. The number of amides is 1. The Morgan fingerprint density at radius 3 is 2.58 bits per heavy atom. The van der Waals surface area contributed by atoms with Crippen molar-refractivity contribution in [3.05, 3.63) is 84.6 Å². The summed E-state index contributed by atoms with van der Waals surface area (Å²) in [6, 6.07) is 22.1. The van der Waals surface area contributed by atoms with Crippen LogP contribution < -0.4 is 10.1 Å². The lowest BCUT2D eigenvalue weighted by molar-refractivity contribution is -0.120. The van der Waals surface area contributed by atoms with Crippen LogP contribution in [-0.2, 0) is 16.1 Å². The molecule has 0 atom stereocenters. The van der Waals surface area contributed by atoms with E-state index in [9.17, 15) is 14.7 Å². The van der Waals surface area contributed by atoms with Crippen LogP contribution in [0.1, 0.15) is 10.4 Å². The van der Waals surface area contributed by atoms with E-state index in [1.165, 1.54) is 0 Å². The lowest BCUT2D eigenvalue weighted by Crippen LogP contribution is -2.19. The highest BCUT2D eigenvalue weighted by atomic mass is 16.5. The predicted octanol–water partition coefficient (Wildman–Crippen LogP) is 4.67. The van der Waals surface area contributed by atoms with E-state index >= 15 is 0 Å². The normalized spacial score (nSPS) is 10.8. The molecule has 2 N–H and O–H groups in total. The molecule has 0 aliphatic heterocycles. The van der Waals surface area contributed by atoms with Crippen molar-refractivity contribution in [1.29, 1.82) is 0 Å². The third kappa shape index (κ3) is 5.22. The molecule has 0 aliphatic rings. The second-order valence-corrected chi connectivity index (χ2v) is 7.47. The molecule has 168 valence electrons. The fourth-order valence-electron chi connectivity index (χ4n) is 3.68. The van der Waals surface area contributed by atoms with Crippen LogP contribution >= 0.6 is 0 Å². The minimum atomic E-state index is -0.976. The Morgan fingerprint density at radius 1 is 1.00 bits per heavy atom. The molecule has 7 nitrogen and oxygen atoms in total. The first-order valence-corrected chi connectivity index (χ1v) is 10.5. The van der Waals surface area contributed by atoms with Crippen LogP contribution in [0.2, 0.25) is 0 Å². The molecule has 4 rings (SSSR count). The molecule has 0 saturated heterocycles. The number of hydrogen-bond acceptors (Lipinski definition) is 4. The molecular formula is C26H24N2O5. The highest BCUT2D eigenvalue weighted by Crippen LogP contribution is 2.31. The largest absolute Gasteiger partial charge is 0.497 e. The minimum absolute atomic E-state index is 0.0949. The van der Waals surface area contributed by atoms with E-state index < -0.39 is 5.97 Å². The smallest absolute Gasteiger partial charge is 0.335 e. The van der Waals surface area contributed by atoms with Gasteiger partial charge in [-0.2, -0.15) is 0 Å². The summed E-state index contributed by atoms with van der Waals surface area (Å²) in [6.07, 6.45) is 1.99. The first kappa shape index (κ1) is 22.1. The topological polar surface area (TPSA) is 89.8 Å². The number of carboxylic acids is 1. The maximum Gasteiger partial charge on any atom is 0.335 e. The van der Waals surface area contributed by atoms with Crippen molar-refractivity contribution in [1.82, 2.24) is 4.57 Å². The number of nitrogens with one attached hydrogen (secondary N) is 1. The number of benzene rings is 3. The highest BCUT2D eigenvalue weighted by Gasteiger charge is 2.13. The quantitative estimate of drug-likeness (QED) is 0.366. The summed E-state index contributed by atoms with van der Waals surface area (Å²) in [7, 11) is 1.57. The van der Waals surface area contributed by atoms with E-state index in [1.807, 2.05) is 47.2 Å². The van der Waals surface area contributed by atoms with Gasteiger partial charge in [0.25, 0.3) is 0 Å². The van der Waals surface area contributed by atoms with Gasteiger partial charge in [0, 0.05) is 41.0 Å².